The Morgan fingerprint density at radius 1 is 1.43 bits per heavy atom. The van der Waals surface area contributed by atoms with Crippen LogP contribution >= 0.6 is 0 Å². The standard InChI is InChI=1S/C17H22O4/c1-3-16(21-12-14-11-20-14)15-8-6-5-7-13(15)9-10-17(18)19-4-2/h5-10,14,16H,3-4,11-12H2,1-2H3/b10-9+/t14?,16-/m1/s1. The molecule has 1 heterocycles. The van der Waals surface area contributed by atoms with E-state index in [-0.39, 0.29) is 18.2 Å². The van der Waals surface area contributed by atoms with E-state index in [2.05, 4.69) is 6.92 Å². The molecular formula is C17H22O4. The Morgan fingerprint density at radius 2 is 2.19 bits per heavy atom. The van der Waals surface area contributed by atoms with Crippen molar-refractivity contribution in [2.75, 3.05) is 19.8 Å². The Morgan fingerprint density at radius 3 is 2.86 bits per heavy atom. The number of carbonyl (C=O) groups excluding carboxylic acids is 1. The van der Waals surface area contributed by atoms with Gasteiger partial charge in [-0.15, -0.1) is 0 Å². The van der Waals surface area contributed by atoms with E-state index in [1.54, 1.807) is 13.0 Å². The molecule has 2 rings (SSSR count). The van der Waals surface area contributed by atoms with Gasteiger partial charge in [-0.05, 0) is 30.5 Å². The molecule has 0 spiro atoms. The van der Waals surface area contributed by atoms with Crippen molar-refractivity contribution in [1.29, 1.82) is 0 Å². The fourth-order valence-electron chi connectivity index (χ4n) is 2.12. The molecule has 1 fully saturated rings. The van der Waals surface area contributed by atoms with Gasteiger partial charge in [0.2, 0.25) is 0 Å². The van der Waals surface area contributed by atoms with Crippen molar-refractivity contribution >= 4 is 12.0 Å². The van der Waals surface area contributed by atoms with Gasteiger partial charge in [-0.2, -0.15) is 0 Å². The minimum absolute atomic E-state index is 0.0113. The SMILES string of the molecule is CCOC(=O)/C=C/c1ccccc1[C@@H](CC)OCC1CO1. The van der Waals surface area contributed by atoms with E-state index in [9.17, 15) is 4.79 Å². The number of carbonyl (C=O) groups is 1. The highest BCUT2D eigenvalue weighted by molar-refractivity contribution is 5.87. The third-order valence-corrected chi connectivity index (χ3v) is 3.28. The van der Waals surface area contributed by atoms with Crippen molar-refractivity contribution < 1.29 is 19.0 Å². The van der Waals surface area contributed by atoms with Crippen LogP contribution in [-0.2, 0) is 19.0 Å². The topological polar surface area (TPSA) is 48.1 Å². The summed E-state index contributed by atoms with van der Waals surface area (Å²) in [4.78, 5) is 11.4. The highest BCUT2D eigenvalue weighted by atomic mass is 16.6. The zero-order valence-corrected chi connectivity index (χ0v) is 12.6. The van der Waals surface area contributed by atoms with Crippen molar-refractivity contribution in [1.82, 2.24) is 0 Å². The number of rotatable bonds is 8. The first-order valence-corrected chi connectivity index (χ1v) is 7.41. The molecule has 4 nitrogen and oxygen atoms in total. The van der Waals surface area contributed by atoms with Crippen LogP contribution in [0.5, 0.6) is 0 Å². The summed E-state index contributed by atoms with van der Waals surface area (Å²) < 4.78 is 16.0. The first-order valence-electron chi connectivity index (χ1n) is 7.41. The largest absolute Gasteiger partial charge is 0.463 e. The molecule has 0 aliphatic carbocycles. The molecule has 0 radical (unpaired) electrons. The second kappa shape index (κ2) is 7.96. The fraction of sp³-hybridized carbons (Fsp3) is 0.471. The Balaban J connectivity index is 2.07. The van der Waals surface area contributed by atoms with E-state index in [1.165, 1.54) is 6.08 Å². The van der Waals surface area contributed by atoms with Gasteiger partial charge in [-0.1, -0.05) is 31.2 Å². The number of esters is 1. The zero-order chi connectivity index (χ0) is 15.1. The van der Waals surface area contributed by atoms with Gasteiger partial charge in [0.15, 0.2) is 0 Å². The molecular weight excluding hydrogens is 268 g/mol. The van der Waals surface area contributed by atoms with Crippen LogP contribution in [0, 0.1) is 0 Å². The predicted octanol–water partition coefficient (Wildman–Crippen LogP) is 3.13. The van der Waals surface area contributed by atoms with E-state index in [4.69, 9.17) is 14.2 Å². The van der Waals surface area contributed by atoms with Crippen molar-refractivity contribution in [3.05, 3.63) is 41.5 Å². The van der Waals surface area contributed by atoms with Gasteiger partial charge >= 0.3 is 5.97 Å². The molecule has 1 aromatic rings. The highest BCUT2D eigenvalue weighted by Gasteiger charge is 2.24. The normalized spacial score (nSPS) is 18.7. The quantitative estimate of drug-likeness (QED) is 0.419. The Bertz CT molecular complexity index is 491. The summed E-state index contributed by atoms with van der Waals surface area (Å²) in [5, 5.41) is 0. The average molecular weight is 290 g/mol. The van der Waals surface area contributed by atoms with Crippen LogP contribution in [0.4, 0.5) is 0 Å². The first kappa shape index (κ1) is 15.7. The average Bonchev–Trinajstić information content (AvgIpc) is 3.31. The molecule has 21 heavy (non-hydrogen) atoms. The lowest BCUT2D eigenvalue weighted by atomic mass is 10.00. The van der Waals surface area contributed by atoms with Gasteiger partial charge < -0.3 is 14.2 Å². The van der Waals surface area contributed by atoms with Crippen LogP contribution in [0.2, 0.25) is 0 Å². The molecule has 0 N–H and O–H groups in total. The van der Waals surface area contributed by atoms with Crippen molar-refractivity contribution in [3.8, 4) is 0 Å². The molecule has 0 aromatic heterocycles. The summed E-state index contributed by atoms with van der Waals surface area (Å²) in [5.74, 6) is -0.326. The molecule has 2 atom stereocenters. The maximum atomic E-state index is 11.4. The lowest BCUT2D eigenvalue weighted by molar-refractivity contribution is -0.137. The number of hydrogen-bond acceptors (Lipinski definition) is 4. The van der Waals surface area contributed by atoms with E-state index in [0.29, 0.717) is 13.2 Å². The maximum absolute atomic E-state index is 11.4. The van der Waals surface area contributed by atoms with Crippen LogP contribution in [0.1, 0.15) is 37.5 Å². The lowest BCUT2D eigenvalue weighted by Gasteiger charge is -2.18. The minimum Gasteiger partial charge on any atom is -0.463 e. The van der Waals surface area contributed by atoms with E-state index in [1.807, 2.05) is 24.3 Å². The van der Waals surface area contributed by atoms with Gasteiger partial charge in [0.1, 0.15) is 6.10 Å². The van der Waals surface area contributed by atoms with Crippen LogP contribution in [-0.4, -0.2) is 31.9 Å². The van der Waals surface area contributed by atoms with Crippen LogP contribution < -0.4 is 0 Å². The lowest BCUT2D eigenvalue weighted by Crippen LogP contribution is -2.09. The summed E-state index contributed by atoms with van der Waals surface area (Å²) in [6, 6.07) is 7.94. The molecule has 114 valence electrons. The predicted molar refractivity (Wildman–Crippen MR) is 80.8 cm³/mol. The van der Waals surface area contributed by atoms with E-state index >= 15 is 0 Å². The van der Waals surface area contributed by atoms with E-state index in [0.717, 1.165) is 24.2 Å². The van der Waals surface area contributed by atoms with Gasteiger partial charge in [-0.25, -0.2) is 4.79 Å². The number of ether oxygens (including phenoxy) is 3. The third-order valence-electron chi connectivity index (χ3n) is 3.28. The van der Waals surface area contributed by atoms with Gasteiger partial charge in [0, 0.05) is 6.08 Å². The molecule has 0 bridgehead atoms. The monoisotopic (exact) mass is 290 g/mol. The molecule has 1 unspecified atom stereocenters. The van der Waals surface area contributed by atoms with Gasteiger partial charge in [0.05, 0.1) is 25.9 Å². The molecule has 1 saturated heterocycles. The number of benzene rings is 1. The summed E-state index contributed by atoms with van der Waals surface area (Å²) in [6.07, 6.45) is 4.38. The van der Waals surface area contributed by atoms with Gasteiger partial charge in [0.25, 0.3) is 0 Å². The number of epoxide rings is 1. The Hall–Kier alpha value is -1.65. The molecule has 0 saturated carbocycles. The highest BCUT2D eigenvalue weighted by Crippen LogP contribution is 2.27. The summed E-state index contributed by atoms with van der Waals surface area (Å²) in [6.45, 7) is 5.67. The van der Waals surface area contributed by atoms with Crippen molar-refractivity contribution in [2.45, 2.75) is 32.5 Å². The smallest absolute Gasteiger partial charge is 0.330 e. The zero-order valence-electron chi connectivity index (χ0n) is 12.6. The summed E-state index contributed by atoms with van der Waals surface area (Å²) in [7, 11) is 0. The molecule has 0 amide bonds. The summed E-state index contributed by atoms with van der Waals surface area (Å²) in [5.41, 5.74) is 2.07. The van der Waals surface area contributed by atoms with Crippen molar-refractivity contribution in [2.24, 2.45) is 0 Å². The second-order valence-corrected chi connectivity index (χ2v) is 4.90. The van der Waals surface area contributed by atoms with Crippen LogP contribution in [0.25, 0.3) is 6.08 Å². The third kappa shape index (κ3) is 4.99. The van der Waals surface area contributed by atoms with Crippen LogP contribution in [0.3, 0.4) is 0 Å². The molecule has 1 aliphatic rings. The minimum atomic E-state index is -0.326. The second-order valence-electron chi connectivity index (χ2n) is 4.90. The maximum Gasteiger partial charge on any atom is 0.330 e. The first-order chi connectivity index (χ1) is 10.2. The number of hydrogen-bond donors (Lipinski definition) is 0. The van der Waals surface area contributed by atoms with Gasteiger partial charge in [-0.3, -0.25) is 0 Å². The van der Waals surface area contributed by atoms with Crippen LogP contribution in [0.15, 0.2) is 30.3 Å². The Kier molecular flexibility index (Phi) is 5.96. The summed E-state index contributed by atoms with van der Waals surface area (Å²) >= 11 is 0. The molecule has 1 aliphatic heterocycles. The Labute approximate surface area is 125 Å². The fourth-order valence-corrected chi connectivity index (χ4v) is 2.12. The molecule has 4 heteroatoms. The molecule has 1 aromatic carbocycles. The van der Waals surface area contributed by atoms with E-state index < -0.39 is 0 Å². The van der Waals surface area contributed by atoms with Crippen molar-refractivity contribution in [3.63, 3.8) is 0 Å².